The summed E-state index contributed by atoms with van der Waals surface area (Å²) in [5.41, 5.74) is 0. The molecule has 1 aliphatic carbocycles. The molecule has 1 aromatic heterocycles. The zero-order valence-electron chi connectivity index (χ0n) is 12.3. The molecule has 0 spiro atoms. The maximum atomic E-state index is 12.0. The van der Waals surface area contributed by atoms with E-state index in [0.29, 0.717) is 24.8 Å². The number of hydrogen-bond donors (Lipinski definition) is 2. The van der Waals surface area contributed by atoms with Crippen molar-refractivity contribution in [3.05, 3.63) is 17.9 Å². The van der Waals surface area contributed by atoms with E-state index in [1.54, 1.807) is 12.3 Å². The number of nitrogens with one attached hydrogen (secondary N) is 2. The highest BCUT2D eigenvalue weighted by Gasteiger charge is 2.22. The molecule has 6 nitrogen and oxygen atoms in total. The van der Waals surface area contributed by atoms with Crippen LogP contribution >= 0.6 is 0 Å². The molecule has 1 heterocycles. The lowest BCUT2D eigenvalue weighted by Gasteiger charge is -2.08. The summed E-state index contributed by atoms with van der Waals surface area (Å²) in [5.74, 6) is 0.616. The SMILES string of the molecule is CC(CCNS(=O)(=O)c1ccc(CNC2CC2)o1)S(C)=O. The van der Waals surface area contributed by atoms with Gasteiger partial charge in [0, 0.05) is 34.9 Å². The molecule has 21 heavy (non-hydrogen) atoms. The van der Waals surface area contributed by atoms with Crippen LogP contribution in [0.4, 0.5) is 0 Å². The highest BCUT2D eigenvalue weighted by atomic mass is 32.2. The van der Waals surface area contributed by atoms with Gasteiger partial charge >= 0.3 is 0 Å². The summed E-state index contributed by atoms with van der Waals surface area (Å²) in [7, 11) is -4.57. The van der Waals surface area contributed by atoms with E-state index in [0.717, 1.165) is 0 Å². The van der Waals surface area contributed by atoms with Gasteiger partial charge in [0.1, 0.15) is 5.76 Å². The molecule has 0 aliphatic heterocycles. The van der Waals surface area contributed by atoms with E-state index in [4.69, 9.17) is 4.42 Å². The Morgan fingerprint density at radius 3 is 2.76 bits per heavy atom. The van der Waals surface area contributed by atoms with Crippen LogP contribution in [0, 0.1) is 0 Å². The van der Waals surface area contributed by atoms with Gasteiger partial charge in [-0.15, -0.1) is 0 Å². The molecule has 2 rings (SSSR count). The second-order valence-electron chi connectivity index (χ2n) is 5.37. The first-order chi connectivity index (χ1) is 9.88. The lowest BCUT2D eigenvalue weighted by molar-refractivity contribution is 0.399. The van der Waals surface area contributed by atoms with E-state index in [9.17, 15) is 12.6 Å². The van der Waals surface area contributed by atoms with Gasteiger partial charge in [-0.1, -0.05) is 6.92 Å². The van der Waals surface area contributed by atoms with E-state index in [-0.39, 0.29) is 16.9 Å². The minimum atomic E-state index is -3.63. The van der Waals surface area contributed by atoms with Gasteiger partial charge in [0.25, 0.3) is 10.0 Å². The largest absolute Gasteiger partial charge is 0.447 e. The molecule has 0 amide bonds. The van der Waals surface area contributed by atoms with Crippen molar-refractivity contribution in [1.82, 2.24) is 10.0 Å². The van der Waals surface area contributed by atoms with Crippen molar-refractivity contribution in [3.8, 4) is 0 Å². The average Bonchev–Trinajstić information content (AvgIpc) is 3.12. The standard InChI is InChI=1S/C13H22N2O4S2/c1-10(20(2)16)7-8-15-21(17,18)13-6-5-12(19-13)9-14-11-3-4-11/h5-6,10-11,14-15H,3-4,7-9H2,1-2H3. The summed E-state index contributed by atoms with van der Waals surface area (Å²) >= 11 is 0. The van der Waals surface area contributed by atoms with Crippen LogP contribution in [0.3, 0.4) is 0 Å². The third kappa shape index (κ3) is 5.21. The molecule has 2 N–H and O–H groups in total. The average molecular weight is 334 g/mol. The van der Waals surface area contributed by atoms with Crippen LogP contribution in [0.25, 0.3) is 0 Å². The molecule has 0 aromatic carbocycles. The maximum Gasteiger partial charge on any atom is 0.273 e. The molecule has 1 fully saturated rings. The number of furan rings is 1. The number of sulfonamides is 1. The Morgan fingerprint density at radius 1 is 1.43 bits per heavy atom. The molecule has 1 aromatic rings. The molecule has 0 bridgehead atoms. The quantitative estimate of drug-likeness (QED) is 0.702. The first-order valence-electron chi connectivity index (χ1n) is 7.02. The molecule has 2 atom stereocenters. The maximum absolute atomic E-state index is 12.0. The van der Waals surface area contributed by atoms with Crippen LogP contribution in [0.5, 0.6) is 0 Å². The summed E-state index contributed by atoms with van der Waals surface area (Å²) in [5, 5.41) is 3.16. The van der Waals surface area contributed by atoms with Gasteiger partial charge in [-0.05, 0) is 31.4 Å². The lowest BCUT2D eigenvalue weighted by atomic mass is 10.3. The van der Waals surface area contributed by atoms with Crippen LogP contribution in [-0.4, -0.2) is 36.7 Å². The summed E-state index contributed by atoms with van der Waals surface area (Å²) in [6.07, 6.45) is 4.48. The highest BCUT2D eigenvalue weighted by molar-refractivity contribution is 7.89. The van der Waals surface area contributed by atoms with Crippen molar-refractivity contribution in [2.75, 3.05) is 12.8 Å². The zero-order chi connectivity index (χ0) is 15.5. The van der Waals surface area contributed by atoms with Crippen molar-refractivity contribution in [3.63, 3.8) is 0 Å². The summed E-state index contributed by atoms with van der Waals surface area (Å²) in [6.45, 7) is 2.63. The Kier molecular flexibility index (Phi) is 5.59. The van der Waals surface area contributed by atoms with E-state index in [1.807, 2.05) is 6.92 Å². The summed E-state index contributed by atoms with van der Waals surface area (Å²) in [6, 6.07) is 3.69. The van der Waals surface area contributed by atoms with Crippen molar-refractivity contribution in [2.45, 2.75) is 49.1 Å². The first-order valence-corrected chi connectivity index (χ1v) is 10.1. The smallest absolute Gasteiger partial charge is 0.273 e. The molecule has 0 radical (unpaired) electrons. The Morgan fingerprint density at radius 2 is 2.14 bits per heavy atom. The fourth-order valence-corrected chi connectivity index (χ4v) is 3.21. The normalized spacial score (nSPS) is 18.6. The third-order valence-corrected chi connectivity index (χ3v) is 6.16. The molecule has 1 saturated carbocycles. The highest BCUT2D eigenvalue weighted by Crippen LogP contribution is 2.20. The predicted octanol–water partition coefficient (Wildman–Crippen LogP) is 0.967. The minimum Gasteiger partial charge on any atom is -0.447 e. The second-order valence-corrected chi connectivity index (χ2v) is 8.87. The topological polar surface area (TPSA) is 88.4 Å². The van der Waals surface area contributed by atoms with Gasteiger partial charge in [0.15, 0.2) is 0 Å². The Hall–Kier alpha value is -0.700. The molecule has 2 unspecified atom stereocenters. The molecular formula is C13H22N2O4S2. The fraction of sp³-hybridized carbons (Fsp3) is 0.692. The van der Waals surface area contributed by atoms with Crippen molar-refractivity contribution in [1.29, 1.82) is 0 Å². The van der Waals surface area contributed by atoms with Gasteiger partial charge in [-0.2, -0.15) is 0 Å². The van der Waals surface area contributed by atoms with Gasteiger partial charge in [0.05, 0.1) is 6.54 Å². The minimum absolute atomic E-state index is 0.0393. The van der Waals surface area contributed by atoms with Crippen LogP contribution in [0.15, 0.2) is 21.6 Å². The van der Waals surface area contributed by atoms with E-state index < -0.39 is 20.8 Å². The number of hydrogen-bond acceptors (Lipinski definition) is 5. The Bertz CT molecular complexity index is 593. The Labute approximate surface area is 128 Å². The molecule has 1 aliphatic rings. The van der Waals surface area contributed by atoms with Crippen LogP contribution in [0.2, 0.25) is 0 Å². The van der Waals surface area contributed by atoms with Crippen molar-refractivity contribution >= 4 is 20.8 Å². The first kappa shape index (κ1) is 16.7. The predicted molar refractivity (Wildman–Crippen MR) is 81.9 cm³/mol. The zero-order valence-corrected chi connectivity index (χ0v) is 13.9. The van der Waals surface area contributed by atoms with Crippen LogP contribution in [0.1, 0.15) is 31.9 Å². The third-order valence-electron chi connectivity index (χ3n) is 3.45. The Balaban J connectivity index is 1.84. The summed E-state index contributed by atoms with van der Waals surface area (Å²) in [4.78, 5) is 0. The van der Waals surface area contributed by atoms with Crippen LogP contribution in [-0.2, 0) is 27.4 Å². The van der Waals surface area contributed by atoms with E-state index in [2.05, 4.69) is 10.0 Å². The second kappa shape index (κ2) is 7.04. The molecule has 0 saturated heterocycles. The fourth-order valence-electron chi connectivity index (χ4n) is 1.76. The van der Waals surface area contributed by atoms with E-state index >= 15 is 0 Å². The summed E-state index contributed by atoms with van der Waals surface area (Å²) < 4.78 is 43.1. The molecular weight excluding hydrogens is 312 g/mol. The molecule has 8 heteroatoms. The lowest BCUT2D eigenvalue weighted by Crippen LogP contribution is -2.27. The molecule has 120 valence electrons. The van der Waals surface area contributed by atoms with Crippen molar-refractivity contribution < 1.29 is 17.0 Å². The van der Waals surface area contributed by atoms with Gasteiger partial charge in [-0.3, -0.25) is 4.21 Å². The van der Waals surface area contributed by atoms with Crippen LogP contribution < -0.4 is 10.0 Å². The van der Waals surface area contributed by atoms with E-state index in [1.165, 1.54) is 18.9 Å². The monoisotopic (exact) mass is 334 g/mol. The van der Waals surface area contributed by atoms with Crippen molar-refractivity contribution in [2.24, 2.45) is 0 Å². The van der Waals surface area contributed by atoms with Gasteiger partial charge in [0.2, 0.25) is 5.09 Å². The van der Waals surface area contributed by atoms with Gasteiger partial charge in [-0.25, -0.2) is 13.1 Å². The number of rotatable bonds is 9. The van der Waals surface area contributed by atoms with Gasteiger partial charge < -0.3 is 9.73 Å².